The van der Waals surface area contributed by atoms with Gasteiger partial charge >= 0.3 is 6.18 Å². The molecule has 0 amide bonds. The first kappa shape index (κ1) is 12.2. The van der Waals surface area contributed by atoms with Crippen molar-refractivity contribution >= 4 is 28.1 Å². The maximum Gasteiger partial charge on any atom is 0.416 e. The van der Waals surface area contributed by atoms with Crippen molar-refractivity contribution in [3.8, 4) is 11.3 Å². The van der Waals surface area contributed by atoms with Crippen LogP contribution in [0, 0.1) is 0 Å². The predicted octanol–water partition coefficient (Wildman–Crippen LogP) is 4.06. The van der Waals surface area contributed by atoms with Crippen molar-refractivity contribution in [2.45, 2.75) is 6.18 Å². The Morgan fingerprint density at radius 1 is 1.24 bits per heavy atom. The SMILES string of the molecule is Nc1nc(-c2cc(Cl)cc(C(F)(F)F)c2)cs1. The molecule has 0 atom stereocenters. The van der Waals surface area contributed by atoms with E-state index >= 15 is 0 Å². The Labute approximate surface area is 104 Å². The number of alkyl halides is 3. The molecule has 90 valence electrons. The first-order valence-electron chi connectivity index (χ1n) is 4.45. The number of anilines is 1. The Kier molecular flexibility index (Phi) is 3.01. The second-order valence-electron chi connectivity index (χ2n) is 3.30. The molecule has 0 saturated carbocycles. The van der Waals surface area contributed by atoms with Crippen LogP contribution in [0.4, 0.5) is 18.3 Å². The van der Waals surface area contributed by atoms with E-state index in [9.17, 15) is 13.2 Å². The van der Waals surface area contributed by atoms with Gasteiger partial charge in [0.15, 0.2) is 5.13 Å². The topological polar surface area (TPSA) is 38.9 Å². The summed E-state index contributed by atoms with van der Waals surface area (Å²) >= 11 is 6.82. The molecule has 0 spiro atoms. The van der Waals surface area contributed by atoms with Gasteiger partial charge in [-0.25, -0.2) is 4.98 Å². The molecule has 7 heteroatoms. The zero-order valence-electron chi connectivity index (χ0n) is 8.25. The molecule has 0 fully saturated rings. The molecule has 0 bridgehead atoms. The van der Waals surface area contributed by atoms with E-state index in [1.807, 2.05) is 0 Å². The van der Waals surface area contributed by atoms with Crippen molar-refractivity contribution in [1.29, 1.82) is 0 Å². The van der Waals surface area contributed by atoms with Crippen LogP contribution in [-0.2, 0) is 6.18 Å². The van der Waals surface area contributed by atoms with Gasteiger partial charge in [0.1, 0.15) is 0 Å². The van der Waals surface area contributed by atoms with Crippen LogP contribution in [-0.4, -0.2) is 4.98 Å². The smallest absolute Gasteiger partial charge is 0.375 e. The molecule has 0 radical (unpaired) electrons. The number of aromatic nitrogens is 1. The fraction of sp³-hybridized carbons (Fsp3) is 0.100. The van der Waals surface area contributed by atoms with Crippen LogP contribution in [0.3, 0.4) is 0 Å². The summed E-state index contributed by atoms with van der Waals surface area (Å²) in [7, 11) is 0. The van der Waals surface area contributed by atoms with Crippen LogP contribution in [0.15, 0.2) is 23.6 Å². The zero-order valence-corrected chi connectivity index (χ0v) is 9.83. The number of hydrogen-bond donors (Lipinski definition) is 1. The van der Waals surface area contributed by atoms with E-state index in [4.69, 9.17) is 17.3 Å². The van der Waals surface area contributed by atoms with Crippen LogP contribution in [0.5, 0.6) is 0 Å². The van der Waals surface area contributed by atoms with Crippen molar-refractivity contribution in [2.75, 3.05) is 5.73 Å². The predicted molar refractivity (Wildman–Crippen MR) is 62.0 cm³/mol. The number of nitrogens with zero attached hydrogens (tertiary/aromatic N) is 1. The monoisotopic (exact) mass is 278 g/mol. The highest BCUT2D eigenvalue weighted by Crippen LogP contribution is 2.35. The van der Waals surface area contributed by atoms with Crippen molar-refractivity contribution < 1.29 is 13.2 Å². The van der Waals surface area contributed by atoms with Crippen molar-refractivity contribution in [1.82, 2.24) is 4.98 Å². The highest BCUT2D eigenvalue weighted by atomic mass is 35.5. The number of benzene rings is 1. The summed E-state index contributed by atoms with van der Waals surface area (Å²) in [5.41, 5.74) is 5.32. The van der Waals surface area contributed by atoms with E-state index in [0.717, 1.165) is 23.5 Å². The van der Waals surface area contributed by atoms with E-state index in [0.29, 0.717) is 16.4 Å². The Morgan fingerprint density at radius 3 is 2.47 bits per heavy atom. The first-order valence-corrected chi connectivity index (χ1v) is 5.71. The van der Waals surface area contributed by atoms with Gasteiger partial charge in [-0.05, 0) is 18.2 Å². The quantitative estimate of drug-likeness (QED) is 0.854. The van der Waals surface area contributed by atoms with Crippen LogP contribution in [0.25, 0.3) is 11.3 Å². The summed E-state index contributed by atoms with van der Waals surface area (Å²) in [5.74, 6) is 0. The van der Waals surface area contributed by atoms with Crippen LogP contribution in [0.1, 0.15) is 5.56 Å². The normalized spacial score (nSPS) is 11.8. The third-order valence-electron chi connectivity index (χ3n) is 2.04. The Morgan fingerprint density at radius 2 is 1.94 bits per heavy atom. The lowest BCUT2D eigenvalue weighted by atomic mass is 10.1. The largest absolute Gasteiger partial charge is 0.416 e. The van der Waals surface area contributed by atoms with E-state index in [1.54, 1.807) is 5.38 Å². The number of nitrogen functional groups attached to an aromatic ring is 1. The minimum Gasteiger partial charge on any atom is -0.375 e. The maximum absolute atomic E-state index is 12.6. The lowest BCUT2D eigenvalue weighted by Gasteiger charge is -2.08. The molecule has 1 heterocycles. The summed E-state index contributed by atoms with van der Waals surface area (Å²) in [4.78, 5) is 3.92. The molecule has 2 N–H and O–H groups in total. The zero-order chi connectivity index (χ0) is 12.6. The van der Waals surface area contributed by atoms with Gasteiger partial charge in [-0.15, -0.1) is 11.3 Å². The standard InChI is InChI=1S/C10H6ClF3N2S/c11-7-2-5(8-4-17-9(15)16-8)1-6(3-7)10(12,13)14/h1-4H,(H2,15,16). The van der Waals surface area contributed by atoms with Gasteiger partial charge in [0, 0.05) is 16.0 Å². The molecular weight excluding hydrogens is 273 g/mol. The first-order chi connectivity index (χ1) is 7.86. The lowest BCUT2D eigenvalue weighted by Crippen LogP contribution is -2.04. The van der Waals surface area contributed by atoms with Gasteiger partial charge in [-0.2, -0.15) is 13.2 Å². The third kappa shape index (κ3) is 2.70. The van der Waals surface area contributed by atoms with Crippen molar-refractivity contribution in [3.05, 3.63) is 34.2 Å². The van der Waals surface area contributed by atoms with Gasteiger partial charge in [0.05, 0.1) is 11.3 Å². The number of halogens is 4. The molecule has 0 saturated heterocycles. The molecule has 2 rings (SSSR count). The fourth-order valence-corrected chi connectivity index (χ4v) is 2.13. The average Bonchev–Trinajstić information content (AvgIpc) is 2.62. The van der Waals surface area contributed by atoms with Crippen molar-refractivity contribution in [3.63, 3.8) is 0 Å². The van der Waals surface area contributed by atoms with Gasteiger partial charge < -0.3 is 5.73 Å². The fourth-order valence-electron chi connectivity index (χ4n) is 1.32. The second kappa shape index (κ2) is 4.19. The van der Waals surface area contributed by atoms with E-state index < -0.39 is 11.7 Å². The number of thiazole rings is 1. The molecule has 2 nitrogen and oxygen atoms in total. The van der Waals surface area contributed by atoms with E-state index in [1.165, 1.54) is 6.07 Å². The molecule has 2 aromatic rings. The number of hydrogen-bond acceptors (Lipinski definition) is 3. The molecule has 17 heavy (non-hydrogen) atoms. The minimum atomic E-state index is -4.43. The summed E-state index contributed by atoms with van der Waals surface area (Å²) < 4.78 is 37.7. The van der Waals surface area contributed by atoms with Gasteiger partial charge in [0.2, 0.25) is 0 Å². The van der Waals surface area contributed by atoms with Gasteiger partial charge in [-0.1, -0.05) is 11.6 Å². The summed E-state index contributed by atoms with van der Waals surface area (Å²) in [6.07, 6.45) is -4.43. The molecule has 1 aromatic heterocycles. The number of nitrogens with two attached hydrogens (primary N) is 1. The summed E-state index contributed by atoms with van der Waals surface area (Å²) in [6, 6.07) is 3.30. The van der Waals surface area contributed by atoms with Crippen LogP contribution < -0.4 is 5.73 Å². The highest BCUT2D eigenvalue weighted by Gasteiger charge is 2.31. The maximum atomic E-state index is 12.6. The molecular formula is C10H6ClF3N2S. The summed E-state index contributed by atoms with van der Waals surface area (Å²) in [6.45, 7) is 0. The molecule has 0 aliphatic carbocycles. The minimum absolute atomic E-state index is 0.0152. The Balaban J connectivity index is 2.52. The van der Waals surface area contributed by atoms with Gasteiger partial charge in [-0.3, -0.25) is 0 Å². The molecule has 0 aliphatic rings. The Hall–Kier alpha value is -1.27. The van der Waals surface area contributed by atoms with E-state index in [-0.39, 0.29) is 5.02 Å². The average molecular weight is 279 g/mol. The molecule has 0 unspecified atom stereocenters. The lowest BCUT2D eigenvalue weighted by molar-refractivity contribution is -0.137. The van der Waals surface area contributed by atoms with E-state index in [2.05, 4.69) is 4.98 Å². The van der Waals surface area contributed by atoms with Crippen molar-refractivity contribution in [2.24, 2.45) is 0 Å². The Bertz CT molecular complexity index is 551. The van der Waals surface area contributed by atoms with Gasteiger partial charge in [0.25, 0.3) is 0 Å². The highest BCUT2D eigenvalue weighted by molar-refractivity contribution is 7.13. The second-order valence-corrected chi connectivity index (χ2v) is 4.62. The van der Waals surface area contributed by atoms with Crippen LogP contribution in [0.2, 0.25) is 5.02 Å². The summed E-state index contributed by atoms with van der Waals surface area (Å²) in [5, 5.41) is 1.90. The number of rotatable bonds is 1. The van der Waals surface area contributed by atoms with Crippen LogP contribution >= 0.6 is 22.9 Å². The molecule has 1 aromatic carbocycles. The molecule has 0 aliphatic heterocycles. The third-order valence-corrected chi connectivity index (χ3v) is 2.93.